The summed E-state index contributed by atoms with van der Waals surface area (Å²) in [6, 6.07) is 8.49. The number of rotatable bonds is 2. The summed E-state index contributed by atoms with van der Waals surface area (Å²) in [5, 5.41) is 0. The number of anilines is 1. The summed E-state index contributed by atoms with van der Waals surface area (Å²) in [6.07, 6.45) is 3.15. The lowest BCUT2D eigenvalue weighted by atomic mass is 10.1. The van der Waals surface area contributed by atoms with Gasteiger partial charge in [0.05, 0.1) is 0 Å². The van der Waals surface area contributed by atoms with Gasteiger partial charge in [-0.2, -0.15) is 0 Å². The van der Waals surface area contributed by atoms with Crippen molar-refractivity contribution in [1.29, 1.82) is 0 Å². The van der Waals surface area contributed by atoms with Crippen molar-refractivity contribution in [2.75, 3.05) is 38.1 Å². The van der Waals surface area contributed by atoms with E-state index in [0.29, 0.717) is 0 Å². The Balaban J connectivity index is 1.83. The van der Waals surface area contributed by atoms with E-state index in [4.69, 9.17) is 4.42 Å². The minimum atomic E-state index is 0.894. The average molecular weight is 243 g/mol. The number of benzene rings is 1. The molecule has 94 valence electrons. The average Bonchev–Trinajstić information content (AvgIpc) is 2.94. The Hall–Kier alpha value is -1.81. The van der Waals surface area contributed by atoms with Crippen LogP contribution in [0, 0.1) is 0 Å². The summed E-state index contributed by atoms with van der Waals surface area (Å²) in [6.45, 7) is 4.40. The largest absolute Gasteiger partial charge is 0.451 e. The smallest absolute Gasteiger partial charge is 0.181 e. The molecule has 0 unspecified atom stereocenters. The van der Waals surface area contributed by atoms with Gasteiger partial charge in [0.1, 0.15) is 12.0 Å². The highest BCUT2D eigenvalue weighted by molar-refractivity contribution is 5.64. The minimum absolute atomic E-state index is 0.894. The van der Waals surface area contributed by atoms with E-state index in [-0.39, 0.29) is 0 Å². The van der Waals surface area contributed by atoms with Crippen LogP contribution in [0.1, 0.15) is 0 Å². The second kappa shape index (κ2) is 4.82. The van der Waals surface area contributed by atoms with Crippen LogP contribution in [0.25, 0.3) is 11.3 Å². The summed E-state index contributed by atoms with van der Waals surface area (Å²) in [7, 11) is 2.17. The molecule has 0 bridgehead atoms. The molecule has 0 radical (unpaired) electrons. The van der Waals surface area contributed by atoms with Gasteiger partial charge >= 0.3 is 0 Å². The zero-order chi connectivity index (χ0) is 12.4. The number of piperazine rings is 1. The molecule has 1 aliphatic heterocycles. The van der Waals surface area contributed by atoms with E-state index in [9.17, 15) is 0 Å². The van der Waals surface area contributed by atoms with Crippen LogP contribution in [0.3, 0.4) is 0 Å². The highest BCUT2D eigenvalue weighted by atomic mass is 16.3. The number of nitrogens with zero attached hydrogens (tertiary/aromatic N) is 3. The van der Waals surface area contributed by atoms with Crippen molar-refractivity contribution in [2.45, 2.75) is 0 Å². The lowest BCUT2D eigenvalue weighted by Gasteiger charge is -2.34. The van der Waals surface area contributed by atoms with Crippen molar-refractivity contribution in [2.24, 2.45) is 0 Å². The van der Waals surface area contributed by atoms with Gasteiger partial charge in [0.25, 0.3) is 0 Å². The van der Waals surface area contributed by atoms with Gasteiger partial charge in [-0.25, -0.2) is 4.98 Å². The van der Waals surface area contributed by atoms with Gasteiger partial charge in [0, 0.05) is 37.4 Å². The number of hydrogen-bond acceptors (Lipinski definition) is 4. The van der Waals surface area contributed by atoms with Crippen molar-refractivity contribution in [3.8, 4) is 11.3 Å². The molecule has 3 rings (SSSR count). The van der Waals surface area contributed by atoms with Gasteiger partial charge < -0.3 is 14.2 Å². The third kappa shape index (κ3) is 2.24. The normalized spacial score (nSPS) is 17.1. The highest BCUT2D eigenvalue weighted by Crippen LogP contribution is 2.24. The van der Waals surface area contributed by atoms with Crippen LogP contribution in [0.5, 0.6) is 0 Å². The number of hydrogen-bond donors (Lipinski definition) is 0. The van der Waals surface area contributed by atoms with Crippen molar-refractivity contribution in [3.63, 3.8) is 0 Å². The van der Waals surface area contributed by atoms with Crippen LogP contribution >= 0.6 is 0 Å². The van der Waals surface area contributed by atoms with E-state index in [0.717, 1.165) is 37.4 Å². The fraction of sp³-hybridized carbons (Fsp3) is 0.357. The maximum atomic E-state index is 5.04. The van der Waals surface area contributed by atoms with E-state index in [1.54, 1.807) is 6.26 Å². The molecule has 1 aromatic heterocycles. The Labute approximate surface area is 107 Å². The second-order valence-corrected chi connectivity index (χ2v) is 4.71. The summed E-state index contributed by atoms with van der Waals surface area (Å²) in [4.78, 5) is 8.97. The van der Waals surface area contributed by atoms with Gasteiger partial charge in [-0.3, -0.25) is 0 Å². The van der Waals surface area contributed by atoms with Gasteiger partial charge in [0.15, 0.2) is 6.39 Å². The summed E-state index contributed by atoms with van der Waals surface area (Å²) in [5.41, 5.74) is 3.27. The maximum Gasteiger partial charge on any atom is 0.181 e. The molecule has 0 atom stereocenters. The number of aromatic nitrogens is 1. The molecule has 0 aliphatic carbocycles. The van der Waals surface area contributed by atoms with Crippen LogP contribution < -0.4 is 4.90 Å². The van der Waals surface area contributed by atoms with E-state index >= 15 is 0 Å². The monoisotopic (exact) mass is 243 g/mol. The fourth-order valence-corrected chi connectivity index (χ4v) is 2.28. The zero-order valence-electron chi connectivity index (χ0n) is 10.5. The van der Waals surface area contributed by atoms with Crippen LogP contribution in [-0.2, 0) is 0 Å². The molecule has 0 amide bonds. The lowest BCUT2D eigenvalue weighted by Crippen LogP contribution is -2.44. The molecule has 18 heavy (non-hydrogen) atoms. The molecule has 0 spiro atoms. The molecule has 1 aromatic carbocycles. The van der Waals surface area contributed by atoms with Crippen LogP contribution in [0.15, 0.2) is 41.3 Å². The highest BCUT2D eigenvalue weighted by Gasteiger charge is 2.14. The molecule has 4 heteroatoms. The Morgan fingerprint density at radius 1 is 1.17 bits per heavy atom. The summed E-state index contributed by atoms with van der Waals surface area (Å²) < 4.78 is 5.04. The molecular weight excluding hydrogens is 226 g/mol. The quantitative estimate of drug-likeness (QED) is 0.808. The third-order valence-corrected chi connectivity index (χ3v) is 3.44. The standard InChI is InChI=1S/C14H17N3O/c1-16-5-7-17(8-6-16)13-4-2-3-12(9-13)14-10-18-11-15-14/h2-4,9-11H,5-8H2,1H3. The zero-order valence-corrected chi connectivity index (χ0v) is 10.5. The summed E-state index contributed by atoms with van der Waals surface area (Å²) >= 11 is 0. The first-order valence-corrected chi connectivity index (χ1v) is 6.25. The minimum Gasteiger partial charge on any atom is -0.451 e. The van der Waals surface area contributed by atoms with Gasteiger partial charge in [-0.1, -0.05) is 12.1 Å². The van der Waals surface area contributed by atoms with Crippen LogP contribution in [-0.4, -0.2) is 43.1 Å². The Morgan fingerprint density at radius 2 is 2.00 bits per heavy atom. The molecule has 4 nitrogen and oxygen atoms in total. The Morgan fingerprint density at radius 3 is 2.72 bits per heavy atom. The van der Waals surface area contributed by atoms with Crippen molar-refractivity contribution < 1.29 is 4.42 Å². The molecule has 1 aliphatic rings. The van der Waals surface area contributed by atoms with E-state index in [1.807, 2.05) is 0 Å². The first-order chi connectivity index (χ1) is 8.83. The molecule has 0 N–H and O–H groups in total. The topological polar surface area (TPSA) is 32.5 Å². The first kappa shape index (κ1) is 11.3. The predicted octanol–water partition coefficient (Wildman–Crippen LogP) is 2.09. The van der Waals surface area contributed by atoms with Crippen molar-refractivity contribution in [1.82, 2.24) is 9.88 Å². The third-order valence-electron chi connectivity index (χ3n) is 3.44. The van der Waals surface area contributed by atoms with Crippen molar-refractivity contribution >= 4 is 5.69 Å². The summed E-state index contributed by atoms with van der Waals surface area (Å²) in [5.74, 6) is 0. The molecule has 0 saturated carbocycles. The maximum absolute atomic E-state index is 5.04. The number of likely N-dealkylation sites (N-methyl/N-ethyl adjacent to an activating group) is 1. The lowest BCUT2D eigenvalue weighted by molar-refractivity contribution is 0.313. The Bertz CT molecular complexity index is 502. The molecule has 1 saturated heterocycles. The first-order valence-electron chi connectivity index (χ1n) is 6.25. The van der Waals surface area contributed by atoms with Gasteiger partial charge in [-0.05, 0) is 19.2 Å². The fourth-order valence-electron chi connectivity index (χ4n) is 2.28. The molecule has 2 aromatic rings. The second-order valence-electron chi connectivity index (χ2n) is 4.71. The van der Waals surface area contributed by atoms with E-state index < -0.39 is 0 Å². The number of oxazole rings is 1. The molecular formula is C14H17N3O. The SMILES string of the molecule is CN1CCN(c2cccc(-c3cocn3)c2)CC1. The van der Waals surface area contributed by atoms with Crippen LogP contribution in [0.2, 0.25) is 0 Å². The van der Waals surface area contributed by atoms with Crippen LogP contribution in [0.4, 0.5) is 5.69 Å². The Kier molecular flexibility index (Phi) is 3.02. The predicted molar refractivity (Wildman–Crippen MR) is 71.6 cm³/mol. The van der Waals surface area contributed by atoms with E-state index in [2.05, 4.69) is 46.1 Å². The molecule has 2 heterocycles. The van der Waals surface area contributed by atoms with Crippen molar-refractivity contribution in [3.05, 3.63) is 36.9 Å². The van der Waals surface area contributed by atoms with E-state index in [1.165, 1.54) is 12.1 Å². The molecule has 1 fully saturated rings. The van der Waals surface area contributed by atoms with Gasteiger partial charge in [-0.15, -0.1) is 0 Å². The van der Waals surface area contributed by atoms with Gasteiger partial charge in [0.2, 0.25) is 0 Å².